The fourth-order valence-corrected chi connectivity index (χ4v) is 1.81. The Labute approximate surface area is 82.0 Å². The summed E-state index contributed by atoms with van der Waals surface area (Å²) in [5.74, 6) is 0. The highest BCUT2D eigenvalue weighted by Crippen LogP contribution is 2.18. The van der Waals surface area contributed by atoms with Crippen molar-refractivity contribution >= 4 is 0 Å². The van der Waals surface area contributed by atoms with Crippen molar-refractivity contribution in [1.82, 2.24) is 5.32 Å². The zero-order valence-corrected chi connectivity index (χ0v) is 9.23. The lowest BCUT2D eigenvalue weighted by Crippen LogP contribution is -2.33. The Hall–Kier alpha value is -0.0800. The Balaban J connectivity index is 2.06. The molecule has 0 aromatic heterocycles. The number of hydrogen-bond acceptors (Lipinski definition) is 2. The summed E-state index contributed by atoms with van der Waals surface area (Å²) in [5, 5.41) is 3.59. The van der Waals surface area contributed by atoms with Crippen molar-refractivity contribution in [3.8, 4) is 0 Å². The van der Waals surface area contributed by atoms with Gasteiger partial charge >= 0.3 is 0 Å². The summed E-state index contributed by atoms with van der Waals surface area (Å²) in [6.07, 6.45) is 6.65. The van der Waals surface area contributed by atoms with Crippen molar-refractivity contribution in [3.05, 3.63) is 0 Å². The van der Waals surface area contributed by atoms with Gasteiger partial charge in [0, 0.05) is 13.2 Å². The first-order chi connectivity index (χ1) is 6.14. The summed E-state index contributed by atoms with van der Waals surface area (Å²) in [7, 11) is 1.79. The molecule has 2 heteroatoms. The highest BCUT2D eigenvalue weighted by atomic mass is 16.5. The van der Waals surface area contributed by atoms with Gasteiger partial charge in [0.1, 0.15) is 0 Å². The molecule has 0 heterocycles. The number of rotatable bonds is 5. The zero-order valence-electron chi connectivity index (χ0n) is 9.23. The third kappa shape index (κ3) is 4.10. The van der Waals surface area contributed by atoms with Crippen LogP contribution in [0, 0.1) is 0 Å². The lowest BCUT2D eigenvalue weighted by molar-refractivity contribution is 0.0154. The van der Waals surface area contributed by atoms with Crippen LogP contribution in [0.15, 0.2) is 0 Å². The second-order valence-corrected chi connectivity index (χ2v) is 4.65. The zero-order chi connectivity index (χ0) is 9.73. The van der Waals surface area contributed by atoms with Gasteiger partial charge in [-0.25, -0.2) is 0 Å². The topological polar surface area (TPSA) is 21.3 Å². The first-order valence-corrected chi connectivity index (χ1v) is 5.42. The molecule has 13 heavy (non-hydrogen) atoms. The molecule has 0 atom stereocenters. The monoisotopic (exact) mass is 185 g/mol. The maximum Gasteiger partial charge on any atom is 0.0634 e. The molecule has 2 nitrogen and oxygen atoms in total. The number of hydrogen-bond donors (Lipinski definition) is 1. The van der Waals surface area contributed by atoms with Gasteiger partial charge in [0.05, 0.1) is 5.60 Å². The Morgan fingerprint density at radius 1 is 1.31 bits per heavy atom. The van der Waals surface area contributed by atoms with E-state index in [-0.39, 0.29) is 5.60 Å². The summed E-state index contributed by atoms with van der Waals surface area (Å²) in [5.41, 5.74) is 0.0333. The van der Waals surface area contributed by atoms with Crippen molar-refractivity contribution < 1.29 is 4.74 Å². The molecule has 0 unspecified atom stereocenters. The van der Waals surface area contributed by atoms with Crippen LogP contribution in [-0.2, 0) is 4.74 Å². The van der Waals surface area contributed by atoms with E-state index < -0.39 is 0 Å². The van der Waals surface area contributed by atoms with Crippen LogP contribution in [-0.4, -0.2) is 25.3 Å². The van der Waals surface area contributed by atoms with E-state index in [1.165, 1.54) is 25.7 Å². The molecule has 1 saturated carbocycles. The molecule has 0 amide bonds. The third-order valence-electron chi connectivity index (χ3n) is 3.07. The van der Waals surface area contributed by atoms with E-state index in [9.17, 15) is 0 Å². The molecule has 1 N–H and O–H groups in total. The fourth-order valence-electron chi connectivity index (χ4n) is 1.81. The van der Waals surface area contributed by atoms with Gasteiger partial charge in [-0.05, 0) is 39.7 Å². The van der Waals surface area contributed by atoms with Crippen LogP contribution in [0.5, 0.6) is 0 Å². The van der Waals surface area contributed by atoms with Gasteiger partial charge in [0.2, 0.25) is 0 Å². The number of nitrogens with one attached hydrogen (secondary N) is 1. The van der Waals surface area contributed by atoms with Crippen molar-refractivity contribution in [2.75, 3.05) is 13.7 Å². The van der Waals surface area contributed by atoms with Gasteiger partial charge in [-0.3, -0.25) is 0 Å². The second kappa shape index (κ2) is 4.97. The fraction of sp³-hybridized carbons (Fsp3) is 1.00. The van der Waals surface area contributed by atoms with Crippen LogP contribution in [0.25, 0.3) is 0 Å². The van der Waals surface area contributed by atoms with E-state index in [2.05, 4.69) is 19.2 Å². The Morgan fingerprint density at radius 3 is 2.46 bits per heavy atom. The van der Waals surface area contributed by atoms with Gasteiger partial charge in [-0.15, -0.1) is 0 Å². The molecule has 0 aromatic rings. The molecular weight excluding hydrogens is 162 g/mol. The summed E-state index contributed by atoms with van der Waals surface area (Å²) < 4.78 is 5.36. The van der Waals surface area contributed by atoms with Gasteiger partial charge in [-0.1, -0.05) is 12.8 Å². The average Bonchev–Trinajstić information content (AvgIpc) is 2.57. The molecular formula is C11H23NO. The minimum atomic E-state index is 0.0333. The molecule has 1 fully saturated rings. The number of methoxy groups -OCH3 is 1. The molecule has 0 aliphatic heterocycles. The molecule has 0 spiro atoms. The largest absolute Gasteiger partial charge is 0.379 e. The molecule has 0 radical (unpaired) electrons. The average molecular weight is 185 g/mol. The van der Waals surface area contributed by atoms with E-state index in [1.54, 1.807) is 7.11 Å². The van der Waals surface area contributed by atoms with Gasteiger partial charge < -0.3 is 10.1 Å². The Kier molecular flexibility index (Phi) is 4.20. The van der Waals surface area contributed by atoms with Gasteiger partial charge in [0.15, 0.2) is 0 Å². The van der Waals surface area contributed by atoms with Gasteiger partial charge in [0.25, 0.3) is 0 Å². The molecule has 78 valence electrons. The van der Waals surface area contributed by atoms with E-state index in [1.807, 2.05) is 0 Å². The van der Waals surface area contributed by atoms with Crippen molar-refractivity contribution in [2.24, 2.45) is 0 Å². The summed E-state index contributed by atoms with van der Waals surface area (Å²) >= 11 is 0. The highest BCUT2D eigenvalue weighted by molar-refractivity contribution is 4.76. The lowest BCUT2D eigenvalue weighted by Gasteiger charge is -2.24. The number of ether oxygens (including phenoxy) is 1. The quantitative estimate of drug-likeness (QED) is 0.710. The molecule has 0 aromatic carbocycles. The maximum absolute atomic E-state index is 5.36. The first kappa shape index (κ1) is 11.0. The summed E-state index contributed by atoms with van der Waals surface area (Å²) in [6, 6.07) is 0.785. The Morgan fingerprint density at radius 2 is 1.92 bits per heavy atom. The predicted molar refractivity (Wildman–Crippen MR) is 56.0 cm³/mol. The van der Waals surface area contributed by atoms with Crippen molar-refractivity contribution in [1.29, 1.82) is 0 Å². The van der Waals surface area contributed by atoms with Crippen LogP contribution in [0.3, 0.4) is 0 Å². The first-order valence-electron chi connectivity index (χ1n) is 5.42. The Bertz CT molecular complexity index is 139. The van der Waals surface area contributed by atoms with Crippen LogP contribution < -0.4 is 5.32 Å². The van der Waals surface area contributed by atoms with Crippen LogP contribution in [0.1, 0.15) is 46.0 Å². The third-order valence-corrected chi connectivity index (χ3v) is 3.07. The molecule has 1 aliphatic carbocycles. The second-order valence-electron chi connectivity index (χ2n) is 4.65. The van der Waals surface area contributed by atoms with Crippen LogP contribution in [0.4, 0.5) is 0 Å². The van der Waals surface area contributed by atoms with Crippen LogP contribution in [0.2, 0.25) is 0 Å². The minimum Gasteiger partial charge on any atom is -0.379 e. The van der Waals surface area contributed by atoms with E-state index in [0.29, 0.717) is 0 Å². The summed E-state index contributed by atoms with van der Waals surface area (Å²) in [6.45, 7) is 5.37. The molecule has 1 rings (SSSR count). The van der Waals surface area contributed by atoms with Crippen molar-refractivity contribution in [3.63, 3.8) is 0 Å². The molecule has 0 saturated heterocycles. The standard InChI is InChI=1S/C11H23NO/c1-11(2,13-3)8-9-12-10-6-4-5-7-10/h10,12H,4-9H2,1-3H3. The van der Waals surface area contributed by atoms with E-state index in [4.69, 9.17) is 4.74 Å². The normalized spacial score (nSPS) is 19.6. The lowest BCUT2D eigenvalue weighted by atomic mass is 10.1. The van der Waals surface area contributed by atoms with E-state index in [0.717, 1.165) is 19.0 Å². The van der Waals surface area contributed by atoms with E-state index >= 15 is 0 Å². The van der Waals surface area contributed by atoms with Crippen molar-refractivity contribution in [2.45, 2.75) is 57.6 Å². The molecule has 0 bridgehead atoms. The predicted octanol–water partition coefficient (Wildman–Crippen LogP) is 2.33. The van der Waals surface area contributed by atoms with Crippen LogP contribution >= 0.6 is 0 Å². The highest BCUT2D eigenvalue weighted by Gasteiger charge is 2.18. The maximum atomic E-state index is 5.36. The summed E-state index contributed by atoms with van der Waals surface area (Å²) in [4.78, 5) is 0. The SMILES string of the molecule is COC(C)(C)CCNC1CCCC1. The van der Waals surface area contributed by atoms with Gasteiger partial charge in [-0.2, -0.15) is 0 Å². The smallest absolute Gasteiger partial charge is 0.0634 e. The minimum absolute atomic E-state index is 0.0333. The molecule has 1 aliphatic rings.